The monoisotopic (exact) mass is 1010 g/mol. The maximum absolute atomic E-state index is 14.2. The Morgan fingerprint density at radius 3 is 1.41 bits per heavy atom. The molecule has 0 bridgehead atoms. The summed E-state index contributed by atoms with van der Waals surface area (Å²) < 4.78 is 203. The summed E-state index contributed by atoms with van der Waals surface area (Å²) in [6, 6.07) is 6.81. The predicted molar refractivity (Wildman–Crippen MR) is 215 cm³/mol. The fourth-order valence-electron chi connectivity index (χ4n) is 4.93. The van der Waals surface area contributed by atoms with Crippen LogP contribution in [0.15, 0.2) is 48.8 Å². The van der Waals surface area contributed by atoms with E-state index in [4.69, 9.17) is 25.6 Å². The molecule has 6 aromatic rings. The summed E-state index contributed by atoms with van der Waals surface area (Å²) in [5, 5.41) is 19.7. The number of rotatable bonds is 6. The molecule has 0 aliphatic carbocycles. The lowest BCUT2D eigenvalue weighted by atomic mass is 9.80. The summed E-state index contributed by atoms with van der Waals surface area (Å²) in [5.41, 5.74) is -6.66. The normalized spacial score (nSPS) is 15.1. The van der Waals surface area contributed by atoms with Gasteiger partial charge in [0.05, 0.1) is 16.9 Å². The molecule has 1 aliphatic heterocycles. The number of nitrogens with zero attached hydrogens (tertiary/aromatic N) is 10. The minimum absolute atomic E-state index is 0. The second-order valence-corrected chi connectivity index (χ2v) is 16.2. The van der Waals surface area contributed by atoms with E-state index in [0.29, 0.717) is 22.9 Å². The standard InChI is InChI=1S/C15H20BF4NO3.C15H10F7N5O.C6H2ClF3N4.2CH4/c1-12(2)13(3,4)24-16(23-12)9-7-10(17)11(21-8-9)22-14(5,6)15(18,19)20;1-13(2,15(20,21)22)28-11-8(16)5-7(6-23-11)9-3-4-10-24-25-12(14(17,18)19)27(10)26-9;7-3-1-2-4-11-12-5(6(8,9)10)14(4)13-3;;/h7-8H,1-6H3;3-6H,1-2H3;1-2H;2*1H4. The van der Waals surface area contributed by atoms with Crippen LogP contribution in [0.1, 0.15) is 81.9 Å². The minimum atomic E-state index is -4.82. The van der Waals surface area contributed by atoms with Crippen molar-refractivity contribution in [2.75, 3.05) is 0 Å². The van der Waals surface area contributed by atoms with Gasteiger partial charge in [-0.1, -0.05) is 26.5 Å². The first kappa shape index (κ1) is 56.6. The predicted octanol–water partition coefficient (Wildman–Crippen LogP) is 10.4. The number of hydrogen-bond acceptors (Lipinski definition) is 12. The lowest BCUT2D eigenvalue weighted by Crippen LogP contribution is -2.45. The van der Waals surface area contributed by atoms with Crippen LogP contribution < -0.4 is 14.9 Å². The zero-order chi connectivity index (χ0) is 49.8. The molecule has 30 heteroatoms. The molecule has 68 heavy (non-hydrogen) atoms. The van der Waals surface area contributed by atoms with E-state index in [2.05, 4.69) is 45.3 Å². The van der Waals surface area contributed by atoms with E-state index in [-0.39, 0.29) is 48.0 Å². The molecule has 0 radical (unpaired) electrons. The molecular formula is C38H40BClF14N10O4. The van der Waals surface area contributed by atoms with Crippen molar-refractivity contribution in [3.05, 3.63) is 77.2 Å². The molecule has 1 fully saturated rings. The Bertz CT molecular complexity index is 2690. The van der Waals surface area contributed by atoms with Crippen molar-refractivity contribution in [3.63, 3.8) is 0 Å². The third kappa shape index (κ3) is 12.3. The largest absolute Gasteiger partial charge is 0.496 e. The molecule has 14 nitrogen and oxygen atoms in total. The van der Waals surface area contributed by atoms with Gasteiger partial charge in [0.2, 0.25) is 0 Å². The molecule has 6 aromatic heterocycles. The Kier molecular flexibility index (Phi) is 16.1. The van der Waals surface area contributed by atoms with Crippen LogP contribution >= 0.6 is 11.6 Å². The van der Waals surface area contributed by atoms with Gasteiger partial charge in [0.1, 0.15) is 5.15 Å². The maximum Gasteiger partial charge on any atom is 0.496 e. The highest BCUT2D eigenvalue weighted by Gasteiger charge is 2.53. The Hall–Kier alpha value is -5.71. The average Bonchev–Trinajstić information content (AvgIpc) is 3.85. The van der Waals surface area contributed by atoms with Crippen molar-refractivity contribution < 1.29 is 80.2 Å². The van der Waals surface area contributed by atoms with Gasteiger partial charge < -0.3 is 18.8 Å². The third-order valence-electron chi connectivity index (χ3n) is 9.53. The molecule has 0 saturated carbocycles. The van der Waals surface area contributed by atoms with Crippen molar-refractivity contribution in [1.29, 1.82) is 0 Å². The summed E-state index contributed by atoms with van der Waals surface area (Å²) in [7, 11) is -0.860. The highest BCUT2D eigenvalue weighted by molar-refractivity contribution is 6.62. The molecule has 7 heterocycles. The van der Waals surface area contributed by atoms with Gasteiger partial charge in [-0.15, -0.1) is 20.4 Å². The van der Waals surface area contributed by atoms with E-state index >= 15 is 0 Å². The lowest BCUT2D eigenvalue weighted by Gasteiger charge is -2.32. The van der Waals surface area contributed by atoms with Gasteiger partial charge in [-0.05, 0) is 91.8 Å². The smallest absolute Gasteiger partial charge is 0.460 e. The number of ether oxygens (including phenoxy) is 2. The molecule has 0 aromatic carbocycles. The van der Waals surface area contributed by atoms with E-state index in [1.54, 1.807) is 0 Å². The molecule has 0 unspecified atom stereocenters. The van der Waals surface area contributed by atoms with Crippen LogP contribution in [0.25, 0.3) is 22.6 Å². The van der Waals surface area contributed by atoms with E-state index in [1.807, 2.05) is 27.7 Å². The van der Waals surface area contributed by atoms with Crippen LogP contribution in [0.5, 0.6) is 11.8 Å². The first-order valence-corrected chi connectivity index (χ1v) is 18.8. The zero-order valence-corrected chi connectivity index (χ0v) is 35.7. The van der Waals surface area contributed by atoms with E-state index in [9.17, 15) is 61.5 Å². The van der Waals surface area contributed by atoms with Crippen LogP contribution in [0, 0.1) is 11.6 Å². The first-order chi connectivity index (χ1) is 29.9. The number of pyridine rings is 2. The second-order valence-electron chi connectivity index (χ2n) is 15.8. The van der Waals surface area contributed by atoms with Crippen LogP contribution in [-0.4, -0.2) is 91.5 Å². The molecule has 1 saturated heterocycles. The molecular weight excluding hydrogens is 973 g/mol. The average molecular weight is 1010 g/mol. The van der Waals surface area contributed by atoms with E-state index < -0.39 is 89.3 Å². The van der Waals surface area contributed by atoms with Gasteiger partial charge in [-0.3, -0.25) is 0 Å². The van der Waals surface area contributed by atoms with Crippen LogP contribution in [-0.2, 0) is 21.7 Å². The SMILES string of the molecule is C.C.CC(C)(Oc1ncc(-c2ccc3nnc(C(F)(F)F)n3n2)cc1F)C(F)(F)F.CC(C)(Oc1ncc(B2OC(C)(C)C(C)(C)O2)cc1F)C(F)(F)F.FC(F)(F)c1nnc2ccc(Cl)nn12. The minimum Gasteiger partial charge on any atom is -0.460 e. The summed E-state index contributed by atoms with van der Waals surface area (Å²) in [5.74, 6) is -6.46. The molecule has 374 valence electrons. The number of alkyl halides is 12. The van der Waals surface area contributed by atoms with Crippen molar-refractivity contribution in [2.24, 2.45) is 0 Å². The lowest BCUT2D eigenvalue weighted by molar-refractivity contribution is -0.236. The van der Waals surface area contributed by atoms with Gasteiger partial charge in [0.15, 0.2) is 34.1 Å². The summed E-state index contributed by atoms with van der Waals surface area (Å²) in [6.45, 7) is 10.3. The second kappa shape index (κ2) is 19.4. The molecule has 0 amide bonds. The Balaban J connectivity index is 0.000000279. The number of halogens is 15. The van der Waals surface area contributed by atoms with Gasteiger partial charge in [0.25, 0.3) is 23.4 Å². The Morgan fingerprint density at radius 1 is 0.588 bits per heavy atom. The number of hydrogen-bond donors (Lipinski definition) is 0. The van der Waals surface area contributed by atoms with Crippen LogP contribution in [0.3, 0.4) is 0 Å². The van der Waals surface area contributed by atoms with Crippen molar-refractivity contribution in [2.45, 2.75) is 117 Å². The quantitative estimate of drug-likeness (QED) is 0.115. The topological polar surface area (TPSA) is 149 Å². The highest BCUT2D eigenvalue weighted by Crippen LogP contribution is 2.38. The molecule has 0 N–H and O–H groups in total. The van der Waals surface area contributed by atoms with Crippen molar-refractivity contribution in [1.82, 2.24) is 49.6 Å². The summed E-state index contributed by atoms with van der Waals surface area (Å²) in [4.78, 5) is 7.15. The van der Waals surface area contributed by atoms with E-state index in [1.165, 1.54) is 30.5 Å². The highest BCUT2D eigenvalue weighted by atomic mass is 35.5. The summed E-state index contributed by atoms with van der Waals surface area (Å²) >= 11 is 5.44. The van der Waals surface area contributed by atoms with Gasteiger partial charge >= 0.3 is 31.8 Å². The molecule has 1 aliphatic rings. The van der Waals surface area contributed by atoms with Gasteiger partial charge in [0, 0.05) is 23.4 Å². The number of aromatic nitrogens is 10. The molecule has 0 spiro atoms. The van der Waals surface area contributed by atoms with Crippen molar-refractivity contribution >= 4 is 35.5 Å². The third-order valence-corrected chi connectivity index (χ3v) is 9.73. The first-order valence-electron chi connectivity index (χ1n) is 18.4. The maximum atomic E-state index is 14.2. The van der Waals surface area contributed by atoms with Crippen molar-refractivity contribution in [3.8, 4) is 23.0 Å². The molecule has 7 rings (SSSR count). The fourth-order valence-corrected chi connectivity index (χ4v) is 5.06. The van der Waals surface area contributed by atoms with Gasteiger partial charge in [-0.2, -0.15) is 71.9 Å². The zero-order valence-electron chi connectivity index (χ0n) is 35.0. The fraction of sp³-hybridized carbons (Fsp3) is 0.474. The van der Waals surface area contributed by atoms with E-state index in [0.717, 1.165) is 32.2 Å². The van der Waals surface area contributed by atoms with Crippen LogP contribution in [0.2, 0.25) is 5.15 Å². The molecule has 0 atom stereocenters. The van der Waals surface area contributed by atoms with Gasteiger partial charge in [-0.25, -0.2) is 18.7 Å². The van der Waals surface area contributed by atoms with Crippen LogP contribution in [0.4, 0.5) is 61.5 Å². The number of fused-ring (bicyclic) bond motifs is 2. The Morgan fingerprint density at radius 2 is 1.00 bits per heavy atom. The Labute approximate surface area is 382 Å². The summed E-state index contributed by atoms with van der Waals surface area (Å²) in [6.07, 6.45) is -16.7.